The first-order chi connectivity index (χ1) is 13.6. The summed E-state index contributed by atoms with van der Waals surface area (Å²) in [5.41, 5.74) is 6.47. The Morgan fingerprint density at radius 2 is 1.79 bits per heavy atom. The van der Waals surface area contributed by atoms with Gasteiger partial charge in [0.15, 0.2) is 0 Å². The Morgan fingerprint density at radius 1 is 1.07 bits per heavy atom. The minimum Gasteiger partial charge on any atom is -0.395 e. The Balaban J connectivity index is 1.67. The van der Waals surface area contributed by atoms with E-state index in [0.717, 1.165) is 38.0 Å². The molecule has 1 fully saturated rings. The van der Waals surface area contributed by atoms with Crippen molar-refractivity contribution < 1.29 is 9.50 Å². The van der Waals surface area contributed by atoms with Crippen LogP contribution in [0, 0.1) is 11.7 Å². The molecule has 1 heterocycles. The molecular weight excluding hydrogens is 349 g/mol. The van der Waals surface area contributed by atoms with Crippen LogP contribution in [0.4, 0.5) is 4.39 Å². The number of halogens is 1. The topological polar surface area (TPSA) is 23.5 Å². The number of hydrogen-bond acceptors (Lipinski definition) is 2. The average molecular weight is 380 g/mol. The number of benzene rings is 2. The number of hydrogen-bond donors (Lipinski definition) is 1. The highest BCUT2D eigenvalue weighted by molar-refractivity contribution is 5.86. The SMILES string of the molecule is CC(C)c1ccc2c(c1)C(C1CCN(CCO)CC1)C=C2c1ccc(F)cc1. The normalized spacial score (nSPS) is 20.5. The van der Waals surface area contributed by atoms with E-state index in [9.17, 15) is 9.50 Å². The van der Waals surface area contributed by atoms with Crippen molar-refractivity contribution in [1.82, 2.24) is 4.90 Å². The molecule has 1 N–H and O–H groups in total. The molecule has 2 aromatic carbocycles. The molecule has 0 saturated carbocycles. The van der Waals surface area contributed by atoms with Gasteiger partial charge in [-0.15, -0.1) is 0 Å². The quantitative estimate of drug-likeness (QED) is 0.773. The summed E-state index contributed by atoms with van der Waals surface area (Å²) < 4.78 is 13.4. The highest BCUT2D eigenvalue weighted by atomic mass is 19.1. The molecule has 2 aliphatic rings. The number of likely N-dealkylation sites (tertiary alicyclic amines) is 1. The first-order valence-electron chi connectivity index (χ1n) is 10.5. The van der Waals surface area contributed by atoms with Gasteiger partial charge in [-0.1, -0.05) is 50.3 Å². The summed E-state index contributed by atoms with van der Waals surface area (Å²) in [6.45, 7) is 7.62. The molecule has 1 saturated heterocycles. The van der Waals surface area contributed by atoms with Crippen molar-refractivity contribution in [2.45, 2.75) is 38.5 Å². The van der Waals surface area contributed by atoms with Gasteiger partial charge in [0, 0.05) is 12.5 Å². The van der Waals surface area contributed by atoms with Gasteiger partial charge in [0.05, 0.1) is 6.61 Å². The van der Waals surface area contributed by atoms with Crippen LogP contribution in [-0.2, 0) is 0 Å². The number of fused-ring (bicyclic) bond motifs is 1. The number of rotatable bonds is 5. The van der Waals surface area contributed by atoms with Gasteiger partial charge in [0.1, 0.15) is 5.82 Å². The zero-order chi connectivity index (χ0) is 19.7. The molecule has 28 heavy (non-hydrogen) atoms. The van der Waals surface area contributed by atoms with Crippen molar-refractivity contribution >= 4 is 5.57 Å². The fraction of sp³-hybridized carbons (Fsp3) is 0.440. The van der Waals surface area contributed by atoms with Crippen LogP contribution in [0.25, 0.3) is 5.57 Å². The van der Waals surface area contributed by atoms with E-state index in [0.29, 0.717) is 17.8 Å². The number of aliphatic hydroxyl groups is 1. The van der Waals surface area contributed by atoms with Gasteiger partial charge in [0.2, 0.25) is 0 Å². The van der Waals surface area contributed by atoms with Gasteiger partial charge in [-0.25, -0.2) is 4.39 Å². The molecule has 148 valence electrons. The van der Waals surface area contributed by atoms with E-state index in [4.69, 9.17) is 0 Å². The van der Waals surface area contributed by atoms with Gasteiger partial charge in [-0.05, 0) is 77.7 Å². The lowest BCUT2D eigenvalue weighted by molar-refractivity contribution is 0.143. The zero-order valence-electron chi connectivity index (χ0n) is 16.9. The lowest BCUT2D eigenvalue weighted by Crippen LogP contribution is -2.36. The third-order valence-corrected chi connectivity index (χ3v) is 6.45. The standard InChI is InChI=1S/C25H30FNO/c1-17(2)20-5-8-22-23(18-3-6-21(26)7-4-18)16-24(25(22)15-20)19-9-11-27(12-10-19)13-14-28/h3-8,15-17,19,24,28H,9-14H2,1-2H3. The summed E-state index contributed by atoms with van der Waals surface area (Å²) in [7, 11) is 0. The van der Waals surface area contributed by atoms with Crippen LogP contribution in [-0.4, -0.2) is 36.2 Å². The van der Waals surface area contributed by atoms with Crippen molar-refractivity contribution in [3.05, 3.63) is 76.6 Å². The van der Waals surface area contributed by atoms with Crippen molar-refractivity contribution in [3.63, 3.8) is 0 Å². The molecule has 0 amide bonds. The monoisotopic (exact) mass is 379 g/mol. The van der Waals surface area contributed by atoms with E-state index < -0.39 is 0 Å². The summed E-state index contributed by atoms with van der Waals surface area (Å²) in [6, 6.07) is 13.8. The van der Waals surface area contributed by atoms with Gasteiger partial charge in [-0.3, -0.25) is 0 Å². The van der Waals surface area contributed by atoms with Crippen LogP contribution in [0.15, 0.2) is 48.5 Å². The number of piperidine rings is 1. The maximum absolute atomic E-state index is 13.4. The van der Waals surface area contributed by atoms with Crippen LogP contribution < -0.4 is 0 Å². The molecule has 1 atom stereocenters. The van der Waals surface area contributed by atoms with E-state index in [1.807, 2.05) is 12.1 Å². The van der Waals surface area contributed by atoms with E-state index >= 15 is 0 Å². The second-order valence-electron chi connectivity index (χ2n) is 8.52. The third-order valence-electron chi connectivity index (χ3n) is 6.45. The summed E-state index contributed by atoms with van der Waals surface area (Å²) in [4.78, 5) is 2.36. The maximum atomic E-state index is 13.4. The summed E-state index contributed by atoms with van der Waals surface area (Å²) in [5, 5.41) is 9.21. The minimum atomic E-state index is -0.189. The molecular formula is C25H30FNO. The fourth-order valence-electron chi connectivity index (χ4n) is 4.77. The number of allylic oxidation sites excluding steroid dienone is 1. The van der Waals surface area contributed by atoms with Gasteiger partial charge in [0.25, 0.3) is 0 Å². The predicted octanol–water partition coefficient (Wildman–Crippen LogP) is 5.18. The molecule has 1 unspecified atom stereocenters. The fourth-order valence-corrected chi connectivity index (χ4v) is 4.77. The lowest BCUT2D eigenvalue weighted by Gasteiger charge is -2.34. The number of β-amino-alcohol motifs (C(OH)–C–C–N with tert-alkyl or cyclic N) is 1. The molecule has 1 aliphatic heterocycles. The van der Waals surface area contributed by atoms with Crippen LogP contribution in [0.3, 0.4) is 0 Å². The lowest BCUT2D eigenvalue weighted by atomic mass is 9.80. The first-order valence-corrected chi connectivity index (χ1v) is 10.5. The van der Waals surface area contributed by atoms with Crippen LogP contribution in [0.2, 0.25) is 0 Å². The maximum Gasteiger partial charge on any atom is 0.123 e. The molecule has 0 bridgehead atoms. The predicted molar refractivity (Wildman–Crippen MR) is 113 cm³/mol. The molecule has 0 aromatic heterocycles. The van der Waals surface area contributed by atoms with Gasteiger partial charge < -0.3 is 10.0 Å². The Morgan fingerprint density at radius 3 is 2.43 bits per heavy atom. The Hall–Kier alpha value is -1.97. The molecule has 2 aromatic rings. The molecule has 0 spiro atoms. The van der Waals surface area contributed by atoms with E-state index in [2.05, 4.69) is 43.0 Å². The average Bonchev–Trinajstić information content (AvgIpc) is 3.08. The summed E-state index contributed by atoms with van der Waals surface area (Å²) in [5.74, 6) is 1.36. The Kier molecular flexibility index (Phi) is 5.65. The summed E-state index contributed by atoms with van der Waals surface area (Å²) >= 11 is 0. The van der Waals surface area contributed by atoms with Gasteiger partial charge in [-0.2, -0.15) is 0 Å². The van der Waals surface area contributed by atoms with Crippen LogP contribution in [0.5, 0.6) is 0 Å². The largest absolute Gasteiger partial charge is 0.395 e. The van der Waals surface area contributed by atoms with E-state index in [1.165, 1.54) is 22.3 Å². The second kappa shape index (κ2) is 8.18. The molecule has 3 heteroatoms. The Labute approximate surface area is 167 Å². The molecule has 0 radical (unpaired) electrons. The highest BCUT2D eigenvalue weighted by Crippen LogP contribution is 2.46. The highest BCUT2D eigenvalue weighted by Gasteiger charge is 2.32. The summed E-state index contributed by atoms with van der Waals surface area (Å²) in [6.07, 6.45) is 4.74. The smallest absolute Gasteiger partial charge is 0.123 e. The van der Waals surface area contributed by atoms with Crippen molar-refractivity contribution in [1.29, 1.82) is 0 Å². The zero-order valence-corrected chi connectivity index (χ0v) is 16.9. The molecule has 2 nitrogen and oxygen atoms in total. The number of nitrogens with zero attached hydrogens (tertiary/aromatic N) is 1. The van der Waals surface area contributed by atoms with Crippen molar-refractivity contribution in [3.8, 4) is 0 Å². The van der Waals surface area contributed by atoms with E-state index in [1.54, 1.807) is 12.1 Å². The van der Waals surface area contributed by atoms with Crippen molar-refractivity contribution in [2.24, 2.45) is 5.92 Å². The van der Waals surface area contributed by atoms with Crippen LogP contribution in [0.1, 0.15) is 60.8 Å². The molecule has 4 rings (SSSR count). The molecule has 1 aliphatic carbocycles. The van der Waals surface area contributed by atoms with Crippen LogP contribution >= 0.6 is 0 Å². The van der Waals surface area contributed by atoms with Crippen molar-refractivity contribution in [2.75, 3.05) is 26.2 Å². The third kappa shape index (κ3) is 3.78. The van der Waals surface area contributed by atoms with E-state index in [-0.39, 0.29) is 12.4 Å². The Bertz CT molecular complexity index is 847. The second-order valence-corrected chi connectivity index (χ2v) is 8.52. The first kappa shape index (κ1) is 19.4. The van der Waals surface area contributed by atoms with Gasteiger partial charge >= 0.3 is 0 Å². The minimum absolute atomic E-state index is 0.189. The number of aliphatic hydroxyl groups excluding tert-OH is 1.